The Balaban J connectivity index is 1.48. The highest BCUT2D eigenvalue weighted by Gasteiger charge is 2.25. The van der Waals surface area contributed by atoms with Gasteiger partial charge in [0.05, 0.1) is 6.61 Å². The summed E-state index contributed by atoms with van der Waals surface area (Å²) in [5, 5.41) is 4.07. The van der Waals surface area contributed by atoms with Crippen LogP contribution >= 0.6 is 0 Å². The number of aromatic nitrogens is 2. The maximum Gasteiger partial charge on any atom is 0.252 e. The molecule has 1 aromatic heterocycles. The minimum Gasteiger partial charge on any atom is -0.367 e. The number of carbonyl (C=O) groups excluding carboxylic acids is 1. The summed E-state index contributed by atoms with van der Waals surface area (Å²) >= 11 is 0. The van der Waals surface area contributed by atoms with Crippen LogP contribution in [0.2, 0.25) is 0 Å². The number of rotatable bonds is 5. The van der Waals surface area contributed by atoms with Crippen molar-refractivity contribution in [2.45, 2.75) is 38.9 Å². The molecular weight excluding hydrogens is 294 g/mol. The molecule has 1 aromatic carbocycles. The monoisotopic (exact) mass is 315 g/mol. The molecule has 3 rings (SSSR count). The van der Waals surface area contributed by atoms with Crippen LogP contribution in [0.3, 0.4) is 0 Å². The first-order chi connectivity index (χ1) is 11.2. The highest BCUT2D eigenvalue weighted by Crippen LogP contribution is 2.26. The van der Waals surface area contributed by atoms with Gasteiger partial charge in [-0.15, -0.1) is 0 Å². The fraction of sp³-hybridized carbons (Fsp3) is 0.471. The zero-order valence-corrected chi connectivity index (χ0v) is 13.3. The number of amides is 1. The Morgan fingerprint density at radius 2 is 2.00 bits per heavy atom. The van der Waals surface area contributed by atoms with Crippen LogP contribution in [0.15, 0.2) is 34.9 Å². The summed E-state index contributed by atoms with van der Waals surface area (Å²) in [7, 11) is 0. The third kappa shape index (κ3) is 4.16. The predicted molar refractivity (Wildman–Crippen MR) is 83.5 cm³/mol. The lowest BCUT2D eigenvalue weighted by atomic mass is 9.96. The minimum absolute atomic E-state index is 0.131. The highest BCUT2D eigenvalue weighted by molar-refractivity contribution is 5.73. The Morgan fingerprint density at radius 3 is 2.70 bits per heavy atom. The number of ether oxygens (including phenoxy) is 1. The zero-order chi connectivity index (χ0) is 16.1. The molecule has 0 saturated carbocycles. The summed E-state index contributed by atoms with van der Waals surface area (Å²) in [6.45, 7) is 3.96. The molecule has 0 atom stereocenters. The van der Waals surface area contributed by atoms with E-state index < -0.39 is 0 Å². The Morgan fingerprint density at radius 1 is 1.26 bits per heavy atom. The molecule has 0 bridgehead atoms. The van der Waals surface area contributed by atoms with E-state index in [1.165, 1.54) is 0 Å². The van der Waals surface area contributed by atoms with Gasteiger partial charge in [-0.2, -0.15) is 4.98 Å². The molecule has 1 amide bonds. The van der Waals surface area contributed by atoms with Crippen LogP contribution in [0, 0.1) is 0 Å². The maximum absolute atomic E-state index is 11.3. The number of benzene rings is 1. The Kier molecular flexibility index (Phi) is 5.02. The summed E-state index contributed by atoms with van der Waals surface area (Å²) in [5.41, 5.74) is 1.11. The predicted octanol–water partition coefficient (Wildman–Crippen LogP) is 2.51. The molecule has 6 nitrogen and oxygen atoms in total. The summed E-state index contributed by atoms with van der Waals surface area (Å²) in [5.74, 6) is 1.63. The van der Waals surface area contributed by atoms with Crippen molar-refractivity contribution in [3.05, 3.63) is 47.6 Å². The highest BCUT2D eigenvalue weighted by atomic mass is 16.5. The number of hydrogen-bond donors (Lipinski definition) is 0. The Labute approximate surface area is 135 Å². The van der Waals surface area contributed by atoms with Gasteiger partial charge in [-0.1, -0.05) is 35.5 Å². The van der Waals surface area contributed by atoms with Gasteiger partial charge in [0.15, 0.2) is 5.82 Å². The lowest BCUT2D eigenvalue weighted by Crippen LogP contribution is -2.36. The molecule has 122 valence electrons. The van der Waals surface area contributed by atoms with E-state index in [-0.39, 0.29) is 11.8 Å². The van der Waals surface area contributed by atoms with Gasteiger partial charge in [0.25, 0.3) is 5.89 Å². The fourth-order valence-electron chi connectivity index (χ4n) is 2.78. The molecule has 1 aliphatic rings. The van der Waals surface area contributed by atoms with E-state index >= 15 is 0 Å². The van der Waals surface area contributed by atoms with Crippen molar-refractivity contribution in [2.75, 3.05) is 13.1 Å². The van der Waals surface area contributed by atoms with Gasteiger partial charge >= 0.3 is 0 Å². The summed E-state index contributed by atoms with van der Waals surface area (Å²) in [6, 6.07) is 9.98. The topological polar surface area (TPSA) is 68.5 Å². The van der Waals surface area contributed by atoms with Crippen molar-refractivity contribution in [3.8, 4) is 0 Å². The van der Waals surface area contributed by atoms with E-state index in [1.54, 1.807) is 6.92 Å². The van der Waals surface area contributed by atoms with E-state index in [0.29, 0.717) is 19.1 Å². The number of carbonyl (C=O) groups is 1. The second-order valence-electron chi connectivity index (χ2n) is 5.81. The lowest BCUT2D eigenvalue weighted by Gasteiger charge is -2.29. The molecule has 1 saturated heterocycles. The molecule has 1 aliphatic heterocycles. The van der Waals surface area contributed by atoms with Gasteiger partial charge in [0.2, 0.25) is 5.91 Å². The van der Waals surface area contributed by atoms with Crippen molar-refractivity contribution in [3.63, 3.8) is 0 Å². The van der Waals surface area contributed by atoms with Crippen molar-refractivity contribution < 1.29 is 14.1 Å². The first-order valence-electron chi connectivity index (χ1n) is 7.92. The molecule has 0 N–H and O–H groups in total. The average Bonchev–Trinajstić information content (AvgIpc) is 3.05. The molecular formula is C17H21N3O3. The van der Waals surface area contributed by atoms with Gasteiger partial charge < -0.3 is 14.2 Å². The molecule has 6 heteroatoms. The lowest BCUT2D eigenvalue weighted by molar-refractivity contribution is -0.129. The summed E-state index contributed by atoms with van der Waals surface area (Å²) < 4.78 is 10.9. The SMILES string of the molecule is CC(=O)N1CCC(c2noc(COCc3ccccc3)n2)CC1. The number of nitrogens with zero attached hydrogens (tertiary/aromatic N) is 3. The Hall–Kier alpha value is -2.21. The quantitative estimate of drug-likeness (QED) is 0.848. The first-order valence-corrected chi connectivity index (χ1v) is 7.92. The molecule has 2 aromatic rings. The summed E-state index contributed by atoms with van der Waals surface area (Å²) in [4.78, 5) is 17.6. The van der Waals surface area contributed by atoms with Gasteiger partial charge in [-0.3, -0.25) is 4.79 Å². The van der Waals surface area contributed by atoms with Crippen molar-refractivity contribution in [1.82, 2.24) is 15.0 Å². The van der Waals surface area contributed by atoms with Crippen LogP contribution < -0.4 is 0 Å². The molecule has 23 heavy (non-hydrogen) atoms. The van der Waals surface area contributed by atoms with Crippen LogP contribution in [-0.4, -0.2) is 34.0 Å². The van der Waals surface area contributed by atoms with E-state index in [1.807, 2.05) is 35.2 Å². The van der Waals surface area contributed by atoms with E-state index in [0.717, 1.165) is 37.3 Å². The summed E-state index contributed by atoms with van der Waals surface area (Å²) in [6.07, 6.45) is 1.76. The van der Waals surface area contributed by atoms with Crippen LogP contribution in [0.25, 0.3) is 0 Å². The Bertz CT molecular complexity index is 634. The van der Waals surface area contributed by atoms with Crippen molar-refractivity contribution in [2.24, 2.45) is 0 Å². The second kappa shape index (κ2) is 7.37. The van der Waals surface area contributed by atoms with Gasteiger partial charge in [0, 0.05) is 25.9 Å². The number of likely N-dealkylation sites (tertiary alicyclic amines) is 1. The largest absolute Gasteiger partial charge is 0.367 e. The molecule has 1 fully saturated rings. The molecule has 0 unspecified atom stereocenters. The van der Waals surface area contributed by atoms with Crippen molar-refractivity contribution >= 4 is 5.91 Å². The standard InChI is InChI=1S/C17H21N3O3/c1-13(21)20-9-7-15(8-10-20)17-18-16(23-19-17)12-22-11-14-5-3-2-4-6-14/h2-6,15H,7-12H2,1H3. The van der Waals surface area contributed by atoms with Crippen molar-refractivity contribution in [1.29, 1.82) is 0 Å². The van der Waals surface area contributed by atoms with Crippen LogP contribution in [-0.2, 0) is 22.7 Å². The average molecular weight is 315 g/mol. The van der Waals surface area contributed by atoms with Crippen LogP contribution in [0.5, 0.6) is 0 Å². The van der Waals surface area contributed by atoms with Gasteiger partial charge in [0.1, 0.15) is 6.61 Å². The third-order valence-electron chi connectivity index (χ3n) is 4.13. The second-order valence-corrected chi connectivity index (χ2v) is 5.81. The third-order valence-corrected chi connectivity index (χ3v) is 4.13. The van der Waals surface area contributed by atoms with E-state index in [9.17, 15) is 4.79 Å². The van der Waals surface area contributed by atoms with Crippen LogP contribution in [0.1, 0.15) is 43.0 Å². The normalized spacial score (nSPS) is 15.8. The minimum atomic E-state index is 0.131. The van der Waals surface area contributed by atoms with E-state index in [4.69, 9.17) is 9.26 Å². The smallest absolute Gasteiger partial charge is 0.252 e. The fourth-order valence-corrected chi connectivity index (χ4v) is 2.78. The van der Waals surface area contributed by atoms with Gasteiger partial charge in [-0.05, 0) is 18.4 Å². The number of piperidine rings is 1. The molecule has 0 radical (unpaired) electrons. The number of hydrogen-bond acceptors (Lipinski definition) is 5. The van der Waals surface area contributed by atoms with Crippen LogP contribution in [0.4, 0.5) is 0 Å². The first kappa shape index (κ1) is 15.7. The molecule has 0 spiro atoms. The molecule has 0 aliphatic carbocycles. The van der Waals surface area contributed by atoms with Gasteiger partial charge in [-0.25, -0.2) is 0 Å². The van der Waals surface area contributed by atoms with E-state index in [2.05, 4.69) is 10.1 Å². The maximum atomic E-state index is 11.3. The zero-order valence-electron chi connectivity index (χ0n) is 13.3. The molecule has 2 heterocycles.